The van der Waals surface area contributed by atoms with Gasteiger partial charge in [0.2, 0.25) is 0 Å². The summed E-state index contributed by atoms with van der Waals surface area (Å²) < 4.78 is 1.83. The molecule has 2 heterocycles. The molecule has 25 heavy (non-hydrogen) atoms. The molecule has 4 rings (SSSR count). The molecule has 3 N–H and O–H groups in total. The van der Waals surface area contributed by atoms with Gasteiger partial charge in [0, 0.05) is 22.6 Å². The van der Waals surface area contributed by atoms with Crippen LogP contribution in [0.2, 0.25) is 0 Å². The smallest absolute Gasteiger partial charge is 0.286 e. The SMILES string of the molecule is O=C(Cn1ccc2ccccc21)NNC(=O)c1cc2ccccc2[nH]1. The van der Waals surface area contributed by atoms with E-state index in [0.29, 0.717) is 5.69 Å². The number of fused-ring (bicyclic) bond motifs is 2. The van der Waals surface area contributed by atoms with Gasteiger partial charge in [0.25, 0.3) is 11.8 Å². The summed E-state index contributed by atoms with van der Waals surface area (Å²) in [6.45, 7) is 0.125. The lowest BCUT2D eigenvalue weighted by Crippen LogP contribution is -2.43. The Hall–Kier alpha value is -3.54. The van der Waals surface area contributed by atoms with Gasteiger partial charge in [-0.25, -0.2) is 0 Å². The topological polar surface area (TPSA) is 78.9 Å². The van der Waals surface area contributed by atoms with Gasteiger partial charge in [0.05, 0.1) is 0 Å². The van der Waals surface area contributed by atoms with Gasteiger partial charge in [-0.15, -0.1) is 0 Å². The molecule has 124 valence electrons. The summed E-state index contributed by atoms with van der Waals surface area (Å²) in [5, 5.41) is 2.01. The molecule has 6 nitrogen and oxygen atoms in total. The van der Waals surface area contributed by atoms with Crippen LogP contribution in [0.5, 0.6) is 0 Å². The second kappa shape index (κ2) is 6.16. The first-order chi connectivity index (χ1) is 12.2. The maximum Gasteiger partial charge on any atom is 0.286 e. The fourth-order valence-electron chi connectivity index (χ4n) is 2.86. The van der Waals surface area contributed by atoms with Crippen LogP contribution >= 0.6 is 0 Å². The van der Waals surface area contributed by atoms with Crippen molar-refractivity contribution in [2.75, 3.05) is 0 Å². The first kappa shape index (κ1) is 15.0. The van der Waals surface area contributed by atoms with Crippen molar-refractivity contribution < 1.29 is 9.59 Å². The van der Waals surface area contributed by atoms with E-state index in [1.165, 1.54) is 0 Å². The summed E-state index contributed by atoms with van der Waals surface area (Å²) in [7, 11) is 0. The van der Waals surface area contributed by atoms with Crippen LogP contribution in [-0.4, -0.2) is 21.4 Å². The molecule has 0 saturated heterocycles. The summed E-state index contributed by atoms with van der Waals surface area (Å²) in [4.78, 5) is 27.3. The number of hydrogen-bond donors (Lipinski definition) is 3. The van der Waals surface area contributed by atoms with E-state index in [2.05, 4.69) is 15.8 Å². The number of aromatic nitrogens is 2. The third kappa shape index (κ3) is 2.97. The minimum Gasteiger partial charge on any atom is -0.350 e. The zero-order valence-electron chi connectivity index (χ0n) is 13.3. The Morgan fingerprint density at radius 3 is 2.52 bits per heavy atom. The lowest BCUT2D eigenvalue weighted by atomic mass is 10.2. The number of nitrogens with one attached hydrogen (secondary N) is 3. The highest BCUT2D eigenvalue weighted by Crippen LogP contribution is 2.15. The number of carbonyl (C=O) groups is 2. The second-order valence-electron chi connectivity index (χ2n) is 5.78. The van der Waals surface area contributed by atoms with Crippen LogP contribution in [0.1, 0.15) is 10.5 Å². The Balaban J connectivity index is 1.40. The van der Waals surface area contributed by atoms with Crippen molar-refractivity contribution in [3.63, 3.8) is 0 Å². The number of aromatic amines is 1. The minimum absolute atomic E-state index is 0.125. The van der Waals surface area contributed by atoms with Crippen LogP contribution in [-0.2, 0) is 11.3 Å². The Bertz CT molecular complexity index is 1040. The van der Waals surface area contributed by atoms with Gasteiger partial charge >= 0.3 is 0 Å². The molecule has 0 saturated carbocycles. The molecule has 0 unspecified atom stereocenters. The van der Waals surface area contributed by atoms with Crippen molar-refractivity contribution in [2.45, 2.75) is 6.54 Å². The van der Waals surface area contributed by atoms with Gasteiger partial charge in [0.1, 0.15) is 12.2 Å². The van der Waals surface area contributed by atoms with E-state index < -0.39 is 0 Å². The molecule has 2 aromatic heterocycles. The molecule has 6 heteroatoms. The van der Waals surface area contributed by atoms with Gasteiger partial charge in [-0.3, -0.25) is 20.4 Å². The number of hydrazine groups is 1. The highest BCUT2D eigenvalue weighted by atomic mass is 16.2. The predicted molar refractivity (Wildman–Crippen MR) is 95.8 cm³/mol. The van der Waals surface area contributed by atoms with Crippen molar-refractivity contribution in [1.82, 2.24) is 20.4 Å². The molecule has 0 fully saturated rings. The van der Waals surface area contributed by atoms with E-state index in [1.807, 2.05) is 65.4 Å². The molecule has 4 aromatic rings. The van der Waals surface area contributed by atoms with Gasteiger partial charge < -0.3 is 9.55 Å². The standard InChI is InChI=1S/C19H16N4O2/c24-18(12-23-10-9-13-5-2-4-8-17(13)23)21-22-19(25)16-11-14-6-1-3-7-15(14)20-16/h1-11,20H,12H2,(H,21,24)(H,22,25). The van der Waals surface area contributed by atoms with Crippen LogP contribution < -0.4 is 10.9 Å². The first-order valence-corrected chi connectivity index (χ1v) is 7.91. The van der Waals surface area contributed by atoms with Crippen LogP contribution in [0.15, 0.2) is 66.9 Å². The third-order valence-corrected chi connectivity index (χ3v) is 4.08. The number of benzene rings is 2. The van der Waals surface area contributed by atoms with Crippen LogP contribution in [0.3, 0.4) is 0 Å². The number of H-pyrrole nitrogens is 1. The van der Waals surface area contributed by atoms with Crippen LogP contribution in [0.25, 0.3) is 21.8 Å². The molecule has 0 radical (unpaired) electrons. The zero-order chi connectivity index (χ0) is 17.2. The number of rotatable bonds is 3. The third-order valence-electron chi connectivity index (χ3n) is 4.08. The quantitative estimate of drug-likeness (QED) is 0.504. The largest absolute Gasteiger partial charge is 0.350 e. The molecule has 0 spiro atoms. The summed E-state index contributed by atoms with van der Waals surface area (Å²) in [6, 6.07) is 19.1. The molecule has 0 aliphatic heterocycles. The summed E-state index contributed by atoms with van der Waals surface area (Å²) in [5.74, 6) is -0.687. The number of para-hydroxylation sites is 2. The van der Waals surface area contributed by atoms with Gasteiger partial charge in [0.15, 0.2) is 0 Å². The normalized spacial score (nSPS) is 10.9. The van der Waals surface area contributed by atoms with E-state index in [9.17, 15) is 9.59 Å². The minimum atomic E-state index is -0.387. The number of amides is 2. The fraction of sp³-hybridized carbons (Fsp3) is 0.0526. The van der Waals surface area contributed by atoms with E-state index in [1.54, 1.807) is 6.07 Å². The molecular weight excluding hydrogens is 316 g/mol. The van der Waals surface area contributed by atoms with E-state index in [0.717, 1.165) is 21.8 Å². The Labute approximate surface area is 143 Å². The highest BCUT2D eigenvalue weighted by Gasteiger charge is 2.11. The monoisotopic (exact) mass is 332 g/mol. The lowest BCUT2D eigenvalue weighted by Gasteiger charge is -2.08. The molecule has 0 atom stereocenters. The van der Waals surface area contributed by atoms with Crippen molar-refractivity contribution in [3.05, 3.63) is 72.6 Å². The maximum atomic E-state index is 12.2. The molecule has 0 aliphatic carbocycles. The number of carbonyl (C=O) groups excluding carboxylic acids is 2. The second-order valence-corrected chi connectivity index (χ2v) is 5.78. The number of hydrogen-bond acceptors (Lipinski definition) is 2. The summed E-state index contributed by atoms with van der Waals surface area (Å²) in [6.07, 6.45) is 1.85. The van der Waals surface area contributed by atoms with E-state index in [4.69, 9.17) is 0 Å². The van der Waals surface area contributed by atoms with Crippen molar-refractivity contribution in [2.24, 2.45) is 0 Å². The van der Waals surface area contributed by atoms with E-state index in [-0.39, 0.29) is 18.4 Å². The molecule has 2 aromatic carbocycles. The van der Waals surface area contributed by atoms with Crippen molar-refractivity contribution in [3.8, 4) is 0 Å². The van der Waals surface area contributed by atoms with Crippen LogP contribution in [0.4, 0.5) is 0 Å². The molecule has 2 amide bonds. The zero-order valence-corrected chi connectivity index (χ0v) is 13.3. The molecule has 0 aliphatic rings. The Morgan fingerprint density at radius 1 is 0.920 bits per heavy atom. The summed E-state index contributed by atoms with van der Waals surface area (Å²) >= 11 is 0. The average molecular weight is 332 g/mol. The predicted octanol–water partition coefficient (Wildman–Crippen LogP) is 2.58. The van der Waals surface area contributed by atoms with E-state index >= 15 is 0 Å². The van der Waals surface area contributed by atoms with Gasteiger partial charge in [-0.05, 0) is 29.7 Å². The molecule has 0 bridgehead atoms. The first-order valence-electron chi connectivity index (χ1n) is 7.91. The van der Waals surface area contributed by atoms with Crippen LogP contribution in [0, 0.1) is 0 Å². The Morgan fingerprint density at radius 2 is 1.68 bits per heavy atom. The average Bonchev–Trinajstić information content (AvgIpc) is 3.24. The maximum absolute atomic E-state index is 12.2. The molecular formula is C19H16N4O2. The lowest BCUT2D eigenvalue weighted by molar-refractivity contribution is -0.122. The number of nitrogens with zero attached hydrogens (tertiary/aromatic N) is 1. The van der Waals surface area contributed by atoms with Crippen molar-refractivity contribution >= 4 is 33.6 Å². The van der Waals surface area contributed by atoms with Gasteiger partial charge in [-0.2, -0.15) is 0 Å². The highest BCUT2D eigenvalue weighted by molar-refractivity contribution is 5.98. The van der Waals surface area contributed by atoms with Gasteiger partial charge in [-0.1, -0.05) is 36.4 Å². The van der Waals surface area contributed by atoms with Crippen molar-refractivity contribution in [1.29, 1.82) is 0 Å². The Kier molecular flexibility index (Phi) is 3.70. The fourth-order valence-corrected chi connectivity index (χ4v) is 2.86. The summed E-state index contributed by atoms with van der Waals surface area (Å²) in [5.41, 5.74) is 7.13.